The van der Waals surface area contributed by atoms with Gasteiger partial charge in [0.25, 0.3) is 17.4 Å². The van der Waals surface area contributed by atoms with Crippen LogP contribution in [0.4, 0.5) is 5.69 Å². The summed E-state index contributed by atoms with van der Waals surface area (Å²) >= 11 is 0. The maximum atomic E-state index is 13.7. The van der Waals surface area contributed by atoms with Gasteiger partial charge in [0.2, 0.25) is 17.7 Å². The largest absolute Gasteiger partial charge is 0.507 e. The number of imide groups is 2. The molecule has 1 aromatic heterocycles. The minimum atomic E-state index is -1.03. The van der Waals surface area contributed by atoms with Crippen LogP contribution in [0.5, 0.6) is 17.2 Å². The molecule has 0 radical (unpaired) electrons. The van der Waals surface area contributed by atoms with Crippen LogP contribution in [0, 0.1) is 0 Å². The predicted octanol–water partition coefficient (Wildman–Crippen LogP) is 4.64. The number of carbonyl (C=O) groups is 6. The topological polar surface area (TPSA) is 291 Å². The number of nitrogens with one attached hydrogen (secondary N) is 4. The zero-order valence-corrected chi connectivity index (χ0v) is 45.1. The first-order valence-corrected chi connectivity index (χ1v) is 27.3. The van der Waals surface area contributed by atoms with Crippen LogP contribution in [-0.2, 0) is 60.6 Å². The molecule has 2 aliphatic heterocycles. The van der Waals surface area contributed by atoms with Crippen molar-refractivity contribution in [3.63, 3.8) is 0 Å². The number of benzene rings is 4. The van der Waals surface area contributed by atoms with Crippen molar-refractivity contribution in [2.75, 3.05) is 111 Å². The molecule has 1 aliphatic carbocycles. The molecule has 8 rings (SSSR count). The lowest BCUT2D eigenvalue weighted by atomic mass is 9.98. The average Bonchev–Trinajstić information content (AvgIpc) is 4.41. The number of hydrogen-bond donors (Lipinski definition) is 5. The number of aromatic amines is 1. The van der Waals surface area contributed by atoms with Gasteiger partial charge in [0.15, 0.2) is 11.4 Å². The van der Waals surface area contributed by atoms with Gasteiger partial charge in [-0.05, 0) is 104 Å². The highest BCUT2D eigenvalue weighted by atomic mass is 16.6. The van der Waals surface area contributed by atoms with Crippen molar-refractivity contribution < 1.29 is 81.0 Å². The molecule has 5 aromatic rings. The number of ether oxygens (including phenoxy) is 9. The van der Waals surface area contributed by atoms with E-state index in [2.05, 4.69) is 21.1 Å². The smallest absolute Gasteiger partial charge is 0.287 e. The number of nitrogens with zero attached hydrogens (tertiary/aromatic N) is 1. The van der Waals surface area contributed by atoms with E-state index in [1.807, 2.05) is 0 Å². The van der Waals surface area contributed by atoms with Crippen LogP contribution in [0.1, 0.15) is 92.7 Å². The summed E-state index contributed by atoms with van der Waals surface area (Å²) in [4.78, 5) is 89.7. The number of aromatic nitrogens is 1. The molecule has 81 heavy (non-hydrogen) atoms. The van der Waals surface area contributed by atoms with Crippen molar-refractivity contribution in [2.45, 2.75) is 70.1 Å². The second-order valence-corrected chi connectivity index (χ2v) is 19.2. The minimum Gasteiger partial charge on any atom is -0.507 e. The van der Waals surface area contributed by atoms with Gasteiger partial charge >= 0.3 is 0 Å². The van der Waals surface area contributed by atoms with Crippen molar-refractivity contribution in [3.05, 3.63) is 117 Å². The Morgan fingerprint density at radius 1 is 0.691 bits per heavy atom. The molecule has 1 saturated carbocycles. The zero-order chi connectivity index (χ0) is 56.8. The fourth-order valence-corrected chi connectivity index (χ4v) is 9.37. The van der Waals surface area contributed by atoms with Gasteiger partial charge in [-0.2, -0.15) is 5.16 Å². The number of anilines is 1. The van der Waals surface area contributed by atoms with Crippen molar-refractivity contribution in [1.82, 2.24) is 20.7 Å². The number of ketones is 1. The number of piperidine rings is 1. The standard InChI is InChI=1S/C58H69N5O18/c64-48-36-42(80-41-4-1-2-5-41)11-13-43(48)54(67)40-9-15-49(79-37-38-8-12-44-50(34-38)81-62-55(44)68)39(35-40)10-16-51(65)60-19-21-73-23-25-75-27-29-77-31-33-78-32-30-76-28-26-74-24-22-72-20-18-59-46-7-3-6-45-53(46)58(71)63(57(45)70)47-14-17-52(66)61-56(47)69/h3,6-9,11-13,15,34-36,41,47,59,64H,1-2,4-5,10,14,16-33,37H2,(H,60,65)(H,62,68)(H,61,66,69). The number of aryl methyl sites for hydroxylation is 1. The lowest BCUT2D eigenvalue weighted by molar-refractivity contribution is -0.136. The van der Waals surface area contributed by atoms with Crippen LogP contribution in [-0.4, -0.2) is 168 Å². The van der Waals surface area contributed by atoms with E-state index in [9.17, 15) is 38.7 Å². The van der Waals surface area contributed by atoms with E-state index >= 15 is 0 Å². The number of hydrogen-bond acceptors (Lipinski definition) is 19. The summed E-state index contributed by atoms with van der Waals surface area (Å²) in [6.07, 6.45) is 4.71. The highest BCUT2D eigenvalue weighted by molar-refractivity contribution is 6.25. The summed E-state index contributed by atoms with van der Waals surface area (Å²) in [5, 5.41) is 21.8. The molecule has 3 heterocycles. The molecular formula is C58H69N5O18. The van der Waals surface area contributed by atoms with Crippen LogP contribution in [0.15, 0.2) is 82.1 Å². The molecule has 0 spiro atoms. The zero-order valence-electron chi connectivity index (χ0n) is 45.1. The number of phenolic OH excluding ortho intramolecular Hbond substituents is 1. The first-order chi connectivity index (χ1) is 39.5. The highest BCUT2D eigenvalue weighted by Gasteiger charge is 2.45. The Bertz CT molecular complexity index is 3010. The van der Waals surface area contributed by atoms with Crippen LogP contribution in [0.25, 0.3) is 11.0 Å². The van der Waals surface area contributed by atoms with Gasteiger partial charge in [-0.3, -0.25) is 43.8 Å². The Morgan fingerprint density at radius 2 is 1.35 bits per heavy atom. The average molecular weight is 1120 g/mol. The number of aromatic hydroxyl groups is 1. The highest BCUT2D eigenvalue weighted by Crippen LogP contribution is 2.34. The van der Waals surface area contributed by atoms with Gasteiger partial charge in [0, 0.05) is 43.2 Å². The van der Waals surface area contributed by atoms with E-state index in [0.29, 0.717) is 132 Å². The molecule has 23 nitrogen and oxygen atoms in total. The summed E-state index contributed by atoms with van der Waals surface area (Å²) in [6, 6.07) is 18.7. The second kappa shape index (κ2) is 30.9. The lowest BCUT2D eigenvalue weighted by Crippen LogP contribution is -2.54. The number of H-pyrrole nitrogens is 1. The lowest BCUT2D eigenvalue weighted by Gasteiger charge is -2.27. The van der Waals surface area contributed by atoms with E-state index < -0.39 is 35.5 Å². The first-order valence-electron chi connectivity index (χ1n) is 27.3. The van der Waals surface area contributed by atoms with Gasteiger partial charge in [-0.25, -0.2) is 0 Å². The van der Waals surface area contributed by atoms with Crippen molar-refractivity contribution in [3.8, 4) is 17.2 Å². The van der Waals surface area contributed by atoms with E-state index in [-0.39, 0.29) is 85.5 Å². The van der Waals surface area contributed by atoms with Crippen molar-refractivity contribution >= 4 is 52.0 Å². The van der Waals surface area contributed by atoms with Crippen LogP contribution >= 0.6 is 0 Å². The number of amides is 5. The number of rotatable bonds is 36. The molecule has 3 aliphatic rings. The molecule has 4 aromatic carbocycles. The van der Waals surface area contributed by atoms with E-state index in [0.717, 1.165) is 36.1 Å². The summed E-state index contributed by atoms with van der Waals surface area (Å²) in [5.41, 5.74) is 2.73. The van der Waals surface area contributed by atoms with E-state index in [1.165, 1.54) is 6.07 Å². The first kappa shape index (κ1) is 59.6. The SMILES string of the molecule is O=C(CCc1cc(C(=O)c2ccc(OC3CCCC3)cc2O)ccc1OCc1ccc2c(=O)[nH]oc2c1)NCCOCCOCCOCCOCCOCCOCCOCCNc1cccc2c1C(=O)N(C1CCC(=O)NC1=O)C2=O. The van der Waals surface area contributed by atoms with Crippen molar-refractivity contribution in [2.24, 2.45) is 0 Å². The molecule has 23 heteroatoms. The molecular weight excluding hydrogens is 1050 g/mol. The van der Waals surface area contributed by atoms with Crippen LogP contribution < -0.4 is 31.0 Å². The Balaban J connectivity index is 0.612. The van der Waals surface area contributed by atoms with E-state index in [1.54, 1.807) is 66.7 Å². The third-order valence-corrected chi connectivity index (χ3v) is 13.5. The van der Waals surface area contributed by atoms with Crippen molar-refractivity contribution in [1.29, 1.82) is 0 Å². The normalized spacial score (nSPS) is 15.4. The molecule has 5 N–H and O–H groups in total. The van der Waals surface area contributed by atoms with Gasteiger partial charge < -0.3 is 62.9 Å². The summed E-state index contributed by atoms with van der Waals surface area (Å²) in [5.74, 6) is -2.04. The Hall–Kier alpha value is -7.51. The summed E-state index contributed by atoms with van der Waals surface area (Å²) in [6.45, 7) is 5.87. The second-order valence-electron chi connectivity index (χ2n) is 19.2. The maximum absolute atomic E-state index is 13.7. The minimum absolute atomic E-state index is 0.0497. The molecule has 2 fully saturated rings. The fraction of sp³-hybridized carbons (Fsp3) is 0.466. The monoisotopic (exact) mass is 1120 g/mol. The maximum Gasteiger partial charge on any atom is 0.287 e. The third kappa shape index (κ3) is 17.3. The summed E-state index contributed by atoms with van der Waals surface area (Å²) in [7, 11) is 0. The Labute approximate surface area is 467 Å². The van der Waals surface area contributed by atoms with Gasteiger partial charge in [-0.15, -0.1) is 0 Å². The number of phenols is 1. The quantitative estimate of drug-likeness (QED) is 0.0207. The molecule has 1 atom stereocenters. The fourth-order valence-electron chi connectivity index (χ4n) is 9.37. The Kier molecular flexibility index (Phi) is 22.7. The number of carbonyl (C=O) groups excluding carboxylic acids is 6. The molecule has 1 unspecified atom stereocenters. The Morgan fingerprint density at radius 3 is 2.00 bits per heavy atom. The van der Waals surface area contributed by atoms with Gasteiger partial charge in [-0.1, -0.05) is 12.1 Å². The molecule has 5 amide bonds. The van der Waals surface area contributed by atoms with Gasteiger partial charge in [0.05, 0.1) is 121 Å². The van der Waals surface area contributed by atoms with Crippen LogP contribution in [0.3, 0.4) is 0 Å². The molecule has 434 valence electrons. The summed E-state index contributed by atoms with van der Waals surface area (Å²) < 4.78 is 56.4. The van der Waals surface area contributed by atoms with E-state index in [4.69, 9.17) is 47.2 Å². The third-order valence-electron chi connectivity index (χ3n) is 13.5. The predicted molar refractivity (Wildman–Crippen MR) is 291 cm³/mol. The van der Waals surface area contributed by atoms with Gasteiger partial charge in [0.1, 0.15) is 29.9 Å². The van der Waals surface area contributed by atoms with Crippen LogP contribution in [0.2, 0.25) is 0 Å². The molecule has 1 saturated heterocycles. The number of fused-ring (bicyclic) bond motifs is 2. The molecule has 0 bridgehead atoms.